The fraction of sp³-hybridized carbons (Fsp3) is 0.875. The van der Waals surface area contributed by atoms with Gasteiger partial charge in [0.25, 0.3) is 0 Å². The van der Waals surface area contributed by atoms with E-state index in [1.165, 1.54) is 25.7 Å². The molecule has 0 aromatic carbocycles. The molecular weight excluding hydrogens is 310 g/mol. The molecule has 0 bridgehead atoms. The molecule has 1 aliphatic carbocycles. The summed E-state index contributed by atoms with van der Waals surface area (Å²) in [5.74, 6) is 0.682. The number of hydrogen-bond acceptors (Lipinski definition) is 5. The van der Waals surface area contributed by atoms with Crippen LogP contribution in [0.15, 0.2) is 0 Å². The summed E-state index contributed by atoms with van der Waals surface area (Å²) in [7, 11) is 0. The van der Waals surface area contributed by atoms with E-state index >= 15 is 0 Å². The van der Waals surface area contributed by atoms with E-state index in [2.05, 4.69) is 21.8 Å². The average molecular weight is 340 g/mol. The van der Waals surface area contributed by atoms with Gasteiger partial charge in [-0.1, -0.05) is 19.8 Å². The summed E-state index contributed by atoms with van der Waals surface area (Å²) >= 11 is 5.54. The summed E-state index contributed by atoms with van der Waals surface area (Å²) in [6.07, 6.45) is 6.56. The lowest BCUT2D eigenvalue weighted by molar-refractivity contribution is 0.0754. The van der Waals surface area contributed by atoms with Crippen LogP contribution in [-0.2, 0) is 19.8 Å². The molecule has 7 heteroatoms. The molecule has 23 heavy (non-hydrogen) atoms. The van der Waals surface area contributed by atoms with Crippen LogP contribution in [0.5, 0.6) is 0 Å². The number of hydrogen-bond donors (Lipinski definition) is 1. The molecule has 1 N–H and O–H groups in total. The summed E-state index contributed by atoms with van der Waals surface area (Å²) in [5, 5.41) is 14.0. The van der Waals surface area contributed by atoms with Gasteiger partial charge in [0.2, 0.25) is 0 Å². The number of piperazine rings is 1. The van der Waals surface area contributed by atoms with Crippen molar-refractivity contribution in [3.05, 3.63) is 10.6 Å². The predicted molar refractivity (Wildman–Crippen MR) is 92.7 cm³/mol. The maximum absolute atomic E-state index is 9.48. The van der Waals surface area contributed by atoms with Gasteiger partial charge >= 0.3 is 0 Å². The largest absolute Gasteiger partial charge is 0.388 e. The van der Waals surface area contributed by atoms with Gasteiger partial charge in [0.15, 0.2) is 10.6 Å². The lowest BCUT2D eigenvalue weighted by atomic mass is 10.2. The number of nitrogens with zero attached hydrogens (tertiary/aromatic N) is 5. The van der Waals surface area contributed by atoms with E-state index in [-0.39, 0.29) is 6.61 Å². The summed E-state index contributed by atoms with van der Waals surface area (Å²) in [6.45, 7) is 8.08. The molecular formula is C16H29N5OS. The van der Waals surface area contributed by atoms with E-state index in [0.717, 1.165) is 56.6 Å². The van der Waals surface area contributed by atoms with E-state index in [1.54, 1.807) is 0 Å². The zero-order valence-electron chi connectivity index (χ0n) is 14.2. The van der Waals surface area contributed by atoms with Crippen LogP contribution < -0.4 is 0 Å². The highest BCUT2D eigenvalue weighted by molar-refractivity contribution is 7.71. The van der Waals surface area contributed by atoms with Crippen molar-refractivity contribution in [3.8, 4) is 0 Å². The van der Waals surface area contributed by atoms with Gasteiger partial charge in [0.1, 0.15) is 6.61 Å². The van der Waals surface area contributed by atoms with Crippen LogP contribution in [0.25, 0.3) is 0 Å². The van der Waals surface area contributed by atoms with Crippen LogP contribution in [0.1, 0.15) is 44.9 Å². The van der Waals surface area contributed by atoms with Crippen molar-refractivity contribution in [1.82, 2.24) is 24.1 Å². The van der Waals surface area contributed by atoms with E-state index < -0.39 is 0 Å². The Hall–Kier alpha value is -0.760. The SMILES string of the molecule is CCCn1c(CO)nn(CN2CCN(C3CCCC3)CC2)c1=S. The lowest BCUT2D eigenvalue weighted by Crippen LogP contribution is -2.49. The average Bonchev–Trinajstić information content (AvgIpc) is 3.20. The lowest BCUT2D eigenvalue weighted by Gasteiger charge is -2.37. The molecule has 130 valence electrons. The molecule has 6 nitrogen and oxygen atoms in total. The Labute approximate surface area is 143 Å². The Morgan fingerprint density at radius 2 is 1.87 bits per heavy atom. The minimum absolute atomic E-state index is 0.0495. The fourth-order valence-corrected chi connectivity index (χ4v) is 4.17. The first-order valence-electron chi connectivity index (χ1n) is 8.96. The summed E-state index contributed by atoms with van der Waals surface area (Å²) in [4.78, 5) is 5.09. The zero-order valence-corrected chi connectivity index (χ0v) is 15.0. The molecule has 0 radical (unpaired) electrons. The highest BCUT2D eigenvalue weighted by Gasteiger charge is 2.26. The van der Waals surface area contributed by atoms with Crippen molar-refractivity contribution in [3.63, 3.8) is 0 Å². The number of aliphatic hydroxyl groups excluding tert-OH is 1. The van der Waals surface area contributed by atoms with E-state index in [9.17, 15) is 5.11 Å². The third-order valence-electron chi connectivity index (χ3n) is 5.17. The molecule has 2 heterocycles. The second kappa shape index (κ2) is 7.88. The molecule has 1 saturated carbocycles. The molecule has 0 atom stereocenters. The molecule has 0 spiro atoms. The monoisotopic (exact) mass is 339 g/mol. The molecule has 0 amide bonds. The summed E-state index contributed by atoms with van der Waals surface area (Å²) < 4.78 is 4.57. The first-order valence-corrected chi connectivity index (χ1v) is 9.37. The van der Waals surface area contributed by atoms with Crippen LogP contribution >= 0.6 is 12.2 Å². The molecule has 2 fully saturated rings. The molecule has 1 aromatic rings. The Morgan fingerprint density at radius 1 is 1.17 bits per heavy atom. The minimum atomic E-state index is -0.0495. The maximum atomic E-state index is 9.48. The van der Waals surface area contributed by atoms with Crippen LogP contribution in [0.4, 0.5) is 0 Å². The van der Waals surface area contributed by atoms with Gasteiger partial charge in [-0.25, -0.2) is 4.68 Å². The molecule has 1 aromatic heterocycles. The first-order chi connectivity index (χ1) is 11.2. The zero-order chi connectivity index (χ0) is 16.2. The highest BCUT2D eigenvalue weighted by Crippen LogP contribution is 2.24. The van der Waals surface area contributed by atoms with Gasteiger partial charge in [-0.3, -0.25) is 9.80 Å². The van der Waals surface area contributed by atoms with Crippen molar-refractivity contribution in [2.75, 3.05) is 26.2 Å². The van der Waals surface area contributed by atoms with Gasteiger partial charge in [0.05, 0.1) is 6.67 Å². The molecule has 3 rings (SSSR count). The van der Waals surface area contributed by atoms with Crippen molar-refractivity contribution >= 4 is 12.2 Å². The highest BCUT2D eigenvalue weighted by atomic mass is 32.1. The molecule has 0 unspecified atom stereocenters. The maximum Gasteiger partial charge on any atom is 0.199 e. The Kier molecular flexibility index (Phi) is 5.85. The summed E-state index contributed by atoms with van der Waals surface area (Å²) in [6, 6.07) is 0.823. The normalized spacial score (nSPS) is 21.3. The van der Waals surface area contributed by atoms with Gasteiger partial charge in [-0.15, -0.1) is 0 Å². The Bertz CT molecular complexity index is 555. The molecule has 1 aliphatic heterocycles. The van der Waals surface area contributed by atoms with E-state index in [1.807, 2.05) is 9.25 Å². The quantitative estimate of drug-likeness (QED) is 0.802. The van der Waals surface area contributed by atoms with E-state index in [0.29, 0.717) is 5.82 Å². The van der Waals surface area contributed by atoms with Crippen molar-refractivity contribution in [2.45, 2.75) is 64.9 Å². The molecule has 1 saturated heterocycles. The number of rotatable bonds is 6. The topological polar surface area (TPSA) is 49.5 Å². The first kappa shape index (κ1) is 17.1. The van der Waals surface area contributed by atoms with Gasteiger partial charge in [-0.05, 0) is 31.5 Å². The summed E-state index contributed by atoms with van der Waals surface area (Å²) in [5.41, 5.74) is 0. The number of aliphatic hydroxyl groups is 1. The van der Waals surface area contributed by atoms with Gasteiger partial charge in [0, 0.05) is 38.8 Å². The van der Waals surface area contributed by atoms with Crippen LogP contribution in [0, 0.1) is 4.77 Å². The Morgan fingerprint density at radius 3 is 2.48 bits per heavy atom. The fourth-order valence-electron chi connectivity index (χ4n) is 3.87. The third kappa shape index (κ3) is 3.84. The minimum Gasteiger partial charge on any atom is -0.388 e. The molecule has 2 aliphatic rings. The van der Waals surface area contributed by atoms with Gasteiger partial charge < -0.3 is 9.67 Å². The third-order valence-corrected chi connectivity index (χ3v) is 5.60. The smallest absolute Gasteiger partial charge is 0.199 e. The van der Waals surface area contributed by atoms with Crippen LogP contribution in [0.2, 0.25) is 0 Å². The second-order valence-corrected chi connectivity index (χ2v) is 7.11. The standard InChI is InChI=1S/C16H29N5OS/c1-2-7-20-15(12-22)17-21(16(20)23)13-18-8-10-19(11-9-18)14-5-3-4-6-14/h14,22H,2-13H2,1H3. The van der Waals surface area contributed by atoms with E-state index in [4.69, 9.17) is 12.2 Å². The van der Waals surface area contributed by atoms with Crippen LogP contribution in [0.3, 0.4) is 0 Å². The number of aromatic nitrogens is 3. The van der Waals surface area contributed by atoms with Crippen LogP contribution in [-0.4, -0.2) is 61.5 Å². The second-order valence-electron chi connectivity index (χ2n) is 6.74. The Balaban J connectivity index is 1.59. The van der Waals surface area contributed by atoms with Gasteiger partial charge in [-0.2, -0.15) is 5.10 Å². The van der Waals surface area contributed by atoms with Crippen molar-refractivity contribution in [2.24, 2.45) is 0 Å². The predicted octanol–water partition coefficient (Wildman–Crippen LogP) is 1.83. The van der Waals surface area contributed by atoms with Crippen molar-refractivity contribution < 1.29 is 5.11 Å². The van der Waals surface area contributed by atoms with Crippen molar-refractivity contribution in [1.29, 1.82) is 0 Å².